The van der Waals surface area contributed by atoms with Crippen LogP contribution in [0.3, 0.4) is 0 Å². The third-order valence-electron chi connectivity index (χ3n) is 2.75. The molecule has 0 aliphatic carbocycles. The van der Waals surface area contributed by atoms with Crippen molar-refractivity contribution in [2.75, 3.05) is 6.54 Å². The van der Waals surface area contributed by atoms with Crippen LogP contribution in [0.4, 0.5) is 0 Å². The zero-order valence-corrected chi connectivity index (χ0v) is 13.7. The van der Waals surface area contributed by atoms with E-state index >= 15 is 0 Å². The molecule has 0 atom stereocenters. The topological polar surface area (TPSA) is 76.9 Å². The van der Waals surface area contributed by atoms with Crippen LogP contribution in [-0.2, 0) is 11.3 Å². The number of aromatic nitrogens is 3. The van der Waals surface area contributed by atoms with Crippen LogP contribution in [-0.4, -0.2) is 33.2 Å². The summed E-state index contributed by atoms with van der Waals surface area (Å²) in [7, 11) is 0. The second kappa shape index (κ2) is 12.1. The molecule has 0 aromatic carbocycles. The lowest BCUT2D eigenvalue weighted by Crippen LogP contribution is -2.24. The second-order valence-corrected chi connectivity index (χ2v) is 4.64. The van der Waals surface area contributed by atoms with E-state index in [1.54, 1.807) is 17.8 Å². The molecule has 0 radical (unpaired) electrons. The molecular formula is C15H30N4O2. The van der Waals surface area contributed by atoms with Crippen LogP contribution in [0.25, 0.3) is 0 Å². The van der Waals surface area contributed by atoms with E-state index in [1.807, 2.05) is 13.8 Å². The fourth-order valence-electron chi connectivity index (χ4n) is 1.62. The molecule has 1 aromatic rings. The van der Waals surface area contributed by atoms with Crippen LogP contribution in [0.15, 0.2) is 6.20 Å². The van der Waals surface area contributed by atoms with E-state index in [4.69, 9.17) is 0 Å². The highest BCUT2D eigenvalue weighted by Crippen LogP contribution is 1.98. The summed E-state index contributed by atoms with van der Waals surface area (Å²) in [5.74, 6) is -0.0178. The Balaban J connectivity index is 0. The summed E-state index contributed by atoms with van der Waals surface area (Å²) >= 11 is 0. The summed E-state index contributed by atoms with van der Waals surface area (Å²) in [6.45, 7) is 9.03. The number of unbranched alkanes of at least 4 members (excludes halogenated alkanes) is 2. The summed E-state index contributed by atoms with van der Waals surface area (Å²) in [5.41, 5.74) is 0.350. The smallest absolute Gasteiger partial charge is 0.273 e. The first-order valence-corrected chi connectivity index (χ1v) is 7.81. The van der Waals surface area contributed by atoms with E-state index in [0.29, 0.717) is 18.7 Å². The number of aryl methyl sites for hydroxylation is 1. The number of amides is 1. The van der Waals surface area contributed by atoms with E-state index in [-0.39, 0.29) is 13.1 Å². The molecule has 6 heteroatoms. The molecule has 1 amide bonds. The molecule has 0 spiro atoms. The van der Waals surface area contributed by atoms with Crippen LogP contribution >= 0.6 is 0 Å². The zero-order chi connectivity index (χ0) is 16.1. The van der Waals surface area contributed by atoms with E-state index in [0.717, 1.165) is 32.2 Å². The van der Waals surface area contributed by atoms with Crippen molar-refractivity contribution in [2.45, 2.75) is 66.3 Å². The summed E-state index contributed by atoms with van der Waals surface area (Å²) in [5, 5.41) is 10.5. The van der Waals surface area contributed by atoms with Crippen LogP contribution in [0.5, 0.6) is 0 Å². The van der Waals surface area contributed by atoms with E-state index in [1.165, 1.54) is 0 Å². The van der Waals surface area contributed by atoms with Crippen molar-refractivity contribution in [3.8, 4) is 0 Å². The lowest BCUT2D eigenvalue weighted by atomic mass is 10.2. The first-order chi connectivity index (χ1) is 10.1. The average molecular weight is 298 g/mol. The highest BCUT2D eigenvalue weighted by atomic mass is 16.2. The maximum absolute atomic E-state index is 11.7. The number of nitrogens with one attached hydrogen (secondary N) is 1. The number of nitrogens with zero attached hydrogens (tertiary/aromatic N) is 3. The number of carbonyl (C=O) groups is 2. The molecule has 0 fully saturated rings. The largest absolute Gasteiger partial charge is 0.351 e. The van der Waals surface area contributed by atoms with Gasteiger partial charge in [0.2, 0.25) is 0 Å². The average Bonchev–Trinajstić information content (AvgIpc) is 2.95. The zero-order valence-electron chi connectivity index (χ0n) is 13.7. The van der Waals surface area contributed by atoms with Gasteiger partial charge in [-0.2, -0.15) is 0 Å². The minimum absolute atomic E-state index is 0. The molecule has 1 aromatic heterocycles. The van der Waals surface area contributed by atoms with E-state index in [9.17, 15) is 9.59 Å². The summed E-state index contributed by atoms with van der Waals surface area (Å²) in [4.78, 5) is 22.5. The Morgan fingerprint density at radius 3 is 2.62 bits per heavy atom. The van der Waals surface area contributed by atoms with Crippen molar-refractivity contribution in [1.82, 2.24) is 20.3 Å². The minimum atomic E-state index is -0.203. The minimum Gasteiger partial charge on any atom is -0.351 e. The fourth-order valence-corrected chi connectivity index (χ4v) is 1.62. The van der Waals surface area contributed by atoms with Gasteiger partial charge in [0.25, 0.3) is 5.91 Å². The number of rotatable bonds is 9. The van der Waals surface area contributed by atoms with Crippen molar-refractivity contribution in [3.05, 3.63) is 11.9 Å². The molecule has 0 unspecified atom stereocenters. The SMILES string of the molecule is CC.CCCCn1cc(C(=O)NCCCCC(C)=O)nn1.[HH]. The monoisotopic (exact) mass is 298 g/mol. The maximum atomic E-state index is 11.7. The van der Waals surface area contributed by atoms with Gasteiger partial charge in [0.05, 0.1) is 6.20 Å². The van der Waals surface area contributed by atoms with Crippen molar-refractivity contribution in [2.24, 2.45) is 0 Å². The Kier molecular flexibility index (Phi) is 11.1. The lowest BCUT2D eigenvalue weighted by Gasteiger charge is -2.01. The Morgan fingerprint density at radius 1 is 1.29 bits per heavy atom. The van der Waals surface area contributed by atoms with Crippen LogP contribution < -0.4 is 5.32 Å². The molecule has 0 bridgehead atoms. The fraction of sp³-hybridized carbons (Fsp3) is 0.733. The summed E-state index contributed by atoms with van der Waals surface area (Å²) in [6.07, 6.45) is 5.95. The Bertz CT molecular complexity index is 421. The molecule has 1 heterocycles. The second-order valence-electron chi connectivity index (χ2n) is 4.64. The van der Waals surface area contributed by atoms with Crippen molar-refractivity contribution in [1.29, 1.82) is 0 Å². The third-order valence-corrected chi connectivity index (χ3v) is 2.75. The Morgan fingerprint density at radius 2 is 2.00 bits per heavy atom. The van der Waals surface area contributed by atoms with Gasteiger partial charge in [0, 0.05) is 20.9 Å². The number of hydrogen-bond acceptors (Lipinski definition) is 4. The standard InChI is InChI=1S/C13H22N4O2.C2H6.H2/c1-3-4-9-17-10-12(15-16-17)13(19)14-8-6-5-7-11(2)18;1-2;/h10H,3-9H2,1-2H3,(H,14,19);1-2H3;1H. The number of carbonyl (C=O) groups excluding carboxylic acids is 2. The lowest BCUT2D eigenvalue weighted by molar-refractivity contribution is -0.117. The van der Waals surface area contributed by atoms with Crippen molar-refractivity contribution < 1.29 is 11.0 Å². The maximum Gasteiger partial charge on any atom is 0.273 e. The number of Topliss-reactive ketones (excluding diaryl/α,β-unsaturated/α-hetero) is 1. The molecule has 0 aliphatic heterocycles. The molecule has 21 heavy (non-hydrogen) atoms. The van der Waals surface area contributed by atoms with Crippen LogP contribution in [0.1, 0.15) is 71.7 Å². The van der Waals surface area contributed by atoms with E-state index in [2.05, 4.69) is 22.6 Å². The number of hydrogen-bond donors (Lipinski definition) is 1. The molecular weight excluding hydrogens is 268 g/mol. The normalized spacial score (nSPS) is 9.71. The van der Waals surface area contributed by atoms with Gasteiger partial charge in [-0.1, -0.05) is 32.4 Å². The van der Waals surface area contributed by atoms with Gasteiger partial charge in [-0.25, -0.2) is 0 Å². The van der Waals surface area contributed by atoms with Crippen molar-refractivity contribution >= 4 is 11.7 Å². The van der Waals surface area contributed by atoms with Gasteiger partial charge in [-0.15, -0.1) is 5.10 Å². The first kappa shape index (κ1) is 19.3. The highest BCUT2D eigenvalue weighted by molar-refractivity contribution is 5.91. The Labute approximate surface area is 128 Å². The molecule has 1 N–H and O–H groups in total. The molecule has 0 saturated carbocycles. The first-order valence-electron chi connectivity index (χ1n) is 7.81. The van der Waals surface area contributed by atoms with Gasteiger partial charge in [0.15, 0.2) is 5.69 Å². The quantitative estimate of drug-likeness (QED) is 0.711. The predicted molar refractivity (Wildman–Crippen MR) is 85.3 cm³/mol. The molecule has 0 saturated heterocycles. The van der Waals surface area contributed by atoms with E-state index < -0.39 is 0 Å². The highest BCUT2D eigenvalue weighted by Gasteiger charge is 2.09. The van der Waals surface area contributed by atoms with Gasteiger partial charge in [-0.05, 0) is 26.2 Å². The molecule has 0 aliphatic rings. The van der Waals surface area contributed by atoms with Gasteiger partial charge in [-0.3, -0.25) is 9.48 Å². The molecule has 6 nitrogen and oxygen atoms in total. The van der Waals surface area contributed by atoms with Crippen molar-refractivity contribution in [3.63, 3.8) is 0 Å². The predicted octanol–water partition coefficient (Wildman–Crippen LogP) is 2.84. The summed E-state index contributed by atoms with van der Waals surface area (Å²) < 4.78 is 1.69. The van der Waals surface area contributed by atoms with Crippen LogP contribution in [0, 0.1) is 0 Å². The molecule has 1 rings (SSSR count). The number of ketones is 1. The Hall–Kier alpha value is -1.72. The van der Waals surface area contributed by atoms with Gasteiger partial charge >= 0.3 is 0 Å². The molecule has 122 valence electrons. The van der Waals surface area contributed by atoms with Crippen LogP contribution in [0.2, 0.25) is 0 Å². The van der Waals surface area contributed by atoms with Gasteiger partial charge in [0.1, 0.15) is 5.78 Å². The third kappa shape index (κ3) is 8.94. The van der Waals surface area contributed by atoms with Gasteiger partial charge < -0.3 is 10.1 Å². The summed E-state index contributed by atoms with van der Waals surface area (Å²) in [6, 6.07) is 0.